The summed E-state index contributed by atoms with van der Waals surface area (Å²) in [6, 6.07) is 34.8. The molecule has 1 atom stereocenters. The lowest BCUT2D eigenvalue weighted by atomic mass is 9.95. The van der Waals surface area contributed by atoms with Gasteiger partial charge in [0.1, 0.15) is 17.9 Å². The van der Waals surface area contributed by atoms with Gasteiger partial charge in [0.25, 0.3) is 5.91 Å². The maximum absolute atomic E-state index is 14.0. The Kier molecular flexibility index (Phi) is 7.89. The lowest BCUT2D eigenvalue weighted by Gasteiger charge is -2.24. The number of ketones is 1. The van der Waals surface area contributed by atoms with Gasteiger partial charge in [0.05, 0.1) is 11.6 Å². The molecule has 0 fully saturated rings. The van der Waals surface area contributed by atoms with Crippen LogP contribution in [0.15, 0.2) is 135 Å². The SMILES string of the molecule is O=C(C1=C(O)C(=O)N(c2nnc(SCc3ccccc3)s2)[C@@H]1c1ccc(OCc2ccccc2)cc1)c1cc2ccccc2o1. The topological polar surface area (TPSA) is 106 Å². The van der Waals surface area contributed by atoms with Crippen LogP contribution < -0.4 is 9.64 Å². The first-order chi connectivity index (χ1) is 22.0. The standard InChI is InChI=1S/C35H25N3O5S2/c39-31(28-19-25-13-7-8-14-27(25)43-28)29-30(24-15-17-26(18-16-24)42-20-22-9-3-1-4-10-22)38(33(41)32(29)40)34-36-37-35(45-34)44-21-23-11-5-2-6-12-23/h1-19,30,40H,20-21H2/t30-/m1/s1. The number of fused-ring (bicyclic) bond motifs is 1. The number of hydrogen-bond acceptors (Lipinski definition) is 9. The molecule has 0 radical (unpaired) electrons. The van der Waals surface area contributed by atoms with Crippen LogP contribution in [0.2, 0.25) is 0 Å². The lowest BCUT2D eigenvalue weighted by molar-refractivity contribution is -0.117. The Labute approximate surface area is 266 Å². The van der Waals surface area contributed by atoms with Crippen LogP contribution in [-0.2, 0) is 17.2 Å². The van der Waals surface area contributed by atoms with Gasteiger partial charge in [0.2, 0.25) is 10.9 Å². The van der Waals surface area contributed by atoms with Crippen LogP contribution in [0.4, 0.5) is 5.13 Å². The second kappa shape index (κ2) is 12.4. The lowest BCUT2D eigenvalue weighted by Crippen LogP contribution is -2.31. The molecular weight excluding hydrogens is 607 g/mol. The summed E-state index contributed by atoms with van der Waals surface area (Å²) in [5.41, 5.74) is 3.18. The number of nitrogens with zero attached hydrogens (tertiary/aromatic N) is 3. The van der Waals surface area contributed by atoms with E-state index in [4.69, 9.17) is 9.15 Å². The van der Waals surface area contributed by atoms with E-state index < -0.39 is 23.5 Å². The maximum atomic E-state index is 14.0. The van der Waals surface area contributed by atoms with Gasteiger partial charge >= 0.3 is 0 Å². The first kappa shape index (κ1) is 28.6. The van der Waals surface area contributed by atoms with Gasteiger partial charge in [-0.3, -0.25) is 14.5 Å². The number of hydrogen-bond donors (Lipinski definition) is 1. The Morgan fingerprint density at radius 2 is 1.58 bits per heavy atom. The highest BCUT2D eigenvalue weighted by molar-refractivity contribution is 8.00. The molecule has 0 saturated carbocycles. The van der Waals surface area contributed by atoms with Crippen molar-refractivity contribution in [2.24, 2.45) is 0 Å². The van der Waals surface area contributed by atoms with Crippen LogP contribution in [-0.4, -0.2) is 27.0 Å². The molecule has 1 aliphatic rings. The number of ether oxygens (including phenoxy) is 1. The molecule has 1 amide bonds. The largest absolute Gasteiger partial charge is 0.503 e. The molecule has 45 heavy (non-hydrogen) atoms. The average molecular weight is 632 g/mol. The number of rotatable bonds is 10. The van der Waals surface area contributed by atoms with E-state index in [9.17, 15) is 14.7 Å². The number of benzene rings is 4. The maximum Gasteiger partial charge on any atom is 0.296 e. The molecule has 1 aliphatic heterocycles. The third-order valence-electron chi connectivity index (χ3n) is 7.35. The van der Waals surface area contributed by atoms with Crippen LogP contribution in [0.25, 0.3) is 11.0 Å². The summed E-state index contributed by atoms with van der Waals surface area (Å²) in [5, 5.41) is 20.8. The number of Topliss-reactive ketones (excluding diaryl/α,β-unsaturated/α-hetero) is 1. The number of thioether (sulfide) groups is 1. The molecule has 1 N–H and O–H groups in total. The minimum atomic E-state index is -0.971. The summed E-state index contributed by atoms with van der Waals surface area (Å²) < 4.78 is 12.5. The Hall–Kier alpha value is -5.19. The third-order valence-corrected chi connectivity index (χ3v) is 9.48. The van der Waals surface area contributed by atoms with E-state index >= 15 is 0 Å². The Bertz CT molecular complexity index is 1990. The smallest absolute Gasteiger partial charge is 0.296 e. The van der Waals surface area contributed by atoms with Crippen molar-refractivity contribution in [1.29, 1.82) is 0 Å². The monoisotopic (exact) mass is 631 g/mol. The number of carbonyl (C=O) groups excluding carboxylic acids is 2. The van der Waals surface area contributed by atoms with Crippen molar-refractivity contribution in [3.63, 3.8) is 0 Å². The van der Waals surface area contributed by atoms with E-state index in [0.717, 1.165) is 16.5 Å². The molecule has 0 spiro atoms. The molecule has 6 aromatic rings. The molecule has 4 aromatic carbocycles. The number of aliphatic hydroxyl groups excluding tert-OH is 1. The van der Waals surface area contributed by atoms with E-state index in [-0.39, 0.29) is 16.5 Å². The minimum Gasteiger partial charge on any atom is -0.503 e. The molecule has 7 rings (SSSR count). The zero-order chi connectivity index (χ0) is 30.8. The van der Waals surface area contributed by atoms with Crippen molar-refractivity contribution in [1.82, 2.24) is 10.2 Å². The number of furan rings is 1. The van der Waals surface area contributed by atoms with Crippen molar-refractivity contribution >= 4 is 50.9 Å². The van der Waals surface area contributed by atoms with Gasteiger partial charge in [-0.2, -0.15) is 0 Å². The van der Waals surface area contributed by atoms with Gasteiger partial charge < -0.3 is 14.3 Å². The van der Waals surface area contributed by atoms with Crippen LogP contribution >= 0.6 is 23.1 Å². The first-order valence-electron chi connectivity index (χ1n) is 14.1. The zero-order valence-electron chi connectivity index (χ0n) is 23.7. The number of anilines is 1. The predicted molar refractivity (Wildman–Crippen MR) is 174 cm³/mol. The summed E-state index contributed by atoms with van der Waals surface area (Å²) in [6.45, 7) is 0.388. The number of para-hydroxylation sites is 1. The molecule has 10 heteroatoms. The van der Waals surface area contributed by atoms with E-state index in [1.807, 2.05) is 78.9 Å². The second-order valence-corrected chi connectivity index (χ2v) is 12.5. The summed E-state index contributed by atoms with van der Waals surface area (Å²) in [6.07, 6.45) is 0. The summed E-state index contributed by atoms with van der Waals surface area (Å²) >= 11 is 2.72. The molecule has 0 aliphatic carbocycles. The molecule has 0 bridgehead atoms. The molecular formula is C35H25N3O5S2. The van der Waals surface area contributed by atoms with Gasteiger partial charge in [-0.1, -0.05) is 114 Å². The molecule has 0 saturated heterocycles. The fraction of sp³-hybridized carbons (Fsp3) is 0.0857. The number of aliphatic hydroxyl groups is 1. The van der Waals surface area contributed by atoms with Crippen molar-refractivity contribution in [3.05, 3.63) is 149 Å². The zero-order valence-corrected chi connectivity index (χ0v) is 25.3. The highest BCUT2D eigenvalue weighted by Gasteiger charge is 2.46. The van der Waals surface area contributed by atoms with E-state index in [1.165, 1.54) is 28.0 Å². The highest BCUT2D eigenvalue weighted by Crippen LogP contribution is 2.44. The number of aromatic nitrogens is 2. The molecule has 2 aromatic heterocycles. The Morgan fingerprint density at radius 3 is 2.31 bits per heavy atom. The van der Waals surface area contributed by atoms with Crippen LogP contribution in [0.1, 0.15) is 33.3 Å². The third kappa shape index (κ3) is 5.85. The van der Waals surface area contributed by atoms with E-state index in [2.05, 4.69) is 10.2 Å². The van der Waals surface area contributed by atoms with Gasteiger partial charge in [0.15, 0.2) is 15.9 Å². The van der Waals surface area contributed by atoms with E-state index in [1.54, 1.807) is 36.4 Å². The minimum absolute atomic E-state index is 0.0246. The van der Waals surface area contributed by atoms with Crippen LogP contribution in [0.5, 0.6) is 5.75 Å². The molecule has 8 nitrogen and oxygen atoms in total. The number of carbonyl (C=O) groups is 2. The van der Waals surface area contributed by atoms with Crippen LogP contribution in [0.3, 0.4) is 0 Å². The van der Waals surface area contributed by atoms with Crippen LogP contribution in [0, 0.1) is 0 Å². The second-order valence-electron chi connectivity index (χ2n) is 10.3. The Morgan fingerprint density at radius 1 is 0.889 bits per heavy atom. The quantitative estimate of drug-likeness (QED) is 0.0923. The molecule has 3 heterocycles. The first-order valence-corrected chi connectivity index (χ1v) is 15.9. The summed E-state index contributed by atoms with van der Waals surface area (Å²) in [7, 11) is 0. The highest BCUT2D eigenvalue weighted by atomic mass is 32.2. The van der Waals surface area contributed by atoms with Crippen molar-refractivity contribution in [3.8, 4) is 5.75 Å². The van der Waals surface area contributed by atoms with Gasteiger partial charge in [-0.05, 0) is 41.0 Å². The molecule has 0 unspecified atom stereocenters. The van der Waals surface area contributed by atoms with Gasteiger partial charge in [-0.15, -0.1) is 10.2 Å². The predicted octanol–water partition coefficient (Wildman–Crippen LogP) is 7.94. The Balaban J connectivity index is 1.21. The van der Waals surface area contributed by atoms with Crippen molar-refractivity contribution in [2.45, 2.75) is 22.7 Å². The van der Waals surface area contributed by atoms with E-state index in [0.29, 0.717) is 33.6 Å². The summed E-state index contributed by atoms with van der Waals surface area (Å²) in [5.74, 6) is -0.652. The molecule has 222 valence electrons. The van der Waals surface area contributed by atoms with Crippen molar-refractivity contribution in [2.75, 3.05) is 4.90 Å². The average Bonchev–Trinajstić information content (AvgIpc) is 3.80. The normalized spacial score (nSPS) is 14.8. The van der Waals surface area contributed by atoms with Crippen molar-refractivity contribution < 1.29 is 23.8 Å². The van der Waals surface area contributed by atoms with Gasteiger partial charge in [0, 0.05) is 11.1 Å². The fourth-order valence-electron chi connectivity index (χ4n) is 5.14. The summed E-state index contributed by atoms with van der Waals surface area (Å²) in [4.78, 5) is 29.0. The van der Waals surface area contributed by atoms with Gasteiger partial charge in [-0.25, -0.2) is 0 Å². The fourth-order valence-corrected chi connectivity index (χ4v) is 6.96. The number of amides is 1.